The molecule has 1 aromatic rings. The summed E-state index contributed by atoms with van der Waals surface area (Å²) in [6, 6.07) is 6.90. The van der Waals surface area contributed by atoms with E-state index >= 15 is 0 Å². The van der Waals surface area contributed by atoms with Gasteiger partial charge in [0.15, 0.2) is 0 Å². The zero-order valence-corrected chi connectivity index (χ0v) is 14.4. The number of nitrogens with one attached hydrogen (secondary N) is 1. The fourth-order valence-electron chi connectivity index (χ4n) is 2.87. The molecule has 2 rings (SSSR count). The number of ether oxygens (including phenoxy) is 1. The molecule has 4 heteroatoms. The highest BCUT2D eigenvalue weighted by Gasteiger charge is 2.27. The van der Waals surface area contributed by atoms with Crippen molar-refractivity contribution in [2.24, 2.45) is 5.92 Å². The Kier molecular flexibility index (Phi) is 5.47. The standard InChI is InChI=1S/C16H25BrN2O/c1-11-7-8-19(10-16(11)20-4)15-9-13(17)5-6-14(15)12(2)18-3/h5-6,9,11-12,16,18H,7-8,10H2,1-4H3. The fraction of sp³-hybridized carbons (Fsp3) is 0.625. The quantitative estimate of drug-likeness (QED) is 0.906. The van der Waals surface area contributed by atoms with E-state index in [2.05, 4.69) is 58.2 Å². The predicted molar refractivity (Wildman–Crippen MR) is 88.4 cm³/mol. The molecule has 0 radical (unpaired) electrons. The zero-order valence-electron chi connectivity index (χ0n) is 12.8. The third-order valence-electron chi connectivity index (χ3n) is 4.42. The summed E-state index contributed by atoms with van der Waals surface area (Å²) in [5, 5.41) is 3.34. The van der Waals surface area contributed by atoms with Crippen molar-refractivity contribution in [1.82, 2.24) is 5.32 Å². The first kappa shape index (κ1) is 15.8. The molecular weight excluding hydrogens is 316 g/mol. The summed E-state index contributed by atoms with van der Waals surface area (Å²) in [5.41, 5.74) is 2.66. The lowest BCUT2D eigenvalue weighted by Gasteiger charge is -2.39. The van der Waals surface area contributed by atoms with Gasteiger partial charge in [0.05, 0.1) is 6.10 Å². The molecule has 0 aromatic heterocycles. The molecule has 1 fully saturated rings. The smallest absolute Gasteiger partial charge is 0.0772 e. The van der Waals surface area contributed by atoms with Crippen molar-refractivity contribution in [1.29, 1.82) is 0 Å². The van der Waals surface area contributed by atoms with Crippen LogP contribution in [-0.4, -0.2) is 33.4 Å². The van der Waals surface area contributed by atoms with Crippen LogP contribution >= 0.6 is 15.9 Å². The molecule has 112 valence electrons. The third kappa shape index (κ3) is 3.35. The summed E-state index contributed by atoms with van der Waals surface area (Å²) >= 11 is 3.60. The van der Waals surface area contributed by atoms with E-state index in [-0.39, 0.29) is 0 Å². The number of hydrogen-bond donors (Lipinski definition) is 1. The molecule has 0 bridgehead atoms. The number of nitrogens with zero attached hydrogens (tertiary/aromatic N) is 1. The van der Waals surface area contributed by atoms with Gasteiger partial charge in [-0.1, -0.05) is 28.9 Å². The van der Waals surface area contributed by atoms with Gasteiger partial charge in [-0.3, -0.25) is 0 Å². The van der Waals surface area contributed by atoms with E-state index in [0.29, 0.717) is 18.1 Å². The molecule has 0 amide bonds. The maximum absolute atomic E-state index is 5.64. The molecule has 3 atom stereocenters. The molecule has 0 saturated carbocycles. The lowest BCUT2D eigenvalue weighted by atomic mass is 9.94. The Labute approximate surface area is 130 Å². The van der Waals surface area contributed by atoms with Gasteiger partial charge in [-0.2, -0.15) is 0 Å². The lowest BCUT2D eigenvalue weighted by Crippen LogP contribution is -2.44. The van der Waals surface area contributed by atoms with Crippen LogP contribution in [0.3, 0.4) is 0 Å². The van der Waals surface area contributed by atoms with Crippen molar-refractivity contribution in [2.75, 3.05) is 32.1 Å². The first-order valence-electron chi connectivity index (χ1n) is 7.31. The maximum atomic E-state index is 5.64. The molecule has 1 aromatic carbocycles. The van der Waals surface area contributed by atoms with Gasteiger partial charge in [-0.15, -0.1) is 0 Å². The Bertz CT molecular complexity index is 452. The van der Waals surface area contributed by atoms with Crippen LogP contribution in [0.25, 0.3) is 0 Å². The van der Waals surface area contributed by atoms with Crippen LogP contribution < -0.4 is 10.2 Å². The molecule has 1 aliphatic heterocycles. The normalized spacial score (nSPS) is 24.8. The van der Waals surface area contributed by atoms with Crippen LogP contribution in [0.2, 0.25) is 0 Å². The molecule has 0 spiro atoms. The average Bonchev–Trinajstić information content (AvgIpc) is 2.47. The van der Waals surface area contributed by atoms with Gasteiger partial charge < -0.3 is 15.0 Å². The Morgan fingerprint density at radius 1 is 1.45 bits per heavy atom. The van der Waals surface area contributed by atoms with Gasteiger partial charge in [-0.25, -0.2) is 0 Å². The molecule has 3 unspecified atom stereocenters. The van der Waals surface area contributed by atoms with Crippen molar-refractivity contribution in [3.63, 3.8) is 0 Å². The van der Waals surface area contributed by atoms with Gasteiger partial charge in [-0.05, 0) is 44.0 Å². The minimum Gasteiger partial charge on any atom is -0.379 e. The molecule has 1 heterocycles. The SMILES string of the molecule is CNC(C)c1ccc(Br)cc1N1CCC(C)C(OC)C1. The van der Waals surface area contributed by atoms with Crippen LogP contribution in [-0.2, 0) is 4.74 Å². The largest absolute Gasteiger partial charge is 0.379 e. The van der Waals surface area contributed by atoms with E-state index in [4.69, 9.17) is 4.74 Å². The summed E-state index contributed by atoms with van der Waals surface area (Å²) in [5.74, 6) is 0.633. The second kappa shape index (κ2) is 6.92. The van der Waals surface area contributed by atoms with E-state index in [0.717, 1.165) is 17.6 Å². The Hall–Kier alpha value is -0.580. The van der Waals surface area contributed by atoms with Crippen LogP contribution in [0.1, 0.15) is 31.9 Å². The van der Waals surface area contributed by atoms with Crippen LogP contribution in [0, 0.1) is 5.92 Å². The van der Waals surface area contributed by atoms with E-state index in [9.17, 15) is 0 Å². The van der Waals surface area contributed by atoms with E-state index in [1.54, 1.807) is 0 Å². The molecular formula is C16H25BrN2O. The van der Waals surface area contributed by atoms with Crippen molar-refractivity contribution in [2.45, 2.75) is 32.4 Å². The second-order valence-corrected chi connectivity index (χ2v) is 6.62. The number of rotatable bonds is 4. The third-order valence-corrected chi connectivity index (χ3v) is 4.92. The Morgan fingerprint density at radius 2 is 2.20 bits per heavy atom. The summed E-state index contributed by atoms with van der Waals surface area (Å²) in [4.78, 5) is 2.46. The topological polar surface area (TPSA) is 24.5 Å². The highest BCUT2D eigenvalue weighted by atomic mass is 79.9. The highest BCUT2D eigenvalue weighted by molar-refractivity contribution is 9.10. The minimum absolute atomic E-state index is 0.320. The number of halogens is 1. The van der Waals surface area contributed by atoms with Crippen molar-refractivity contribution < 1.29 is 4.74 Å². The van der Waals surface area contributed by atoms with E-state index < -0.39 is 0 Å². The Morgan fingerprint density at radius 3 is 2.85 bits per heavy atom. The van der Waals surface area contributed by atoms with Gasteiger partial charge in [0.25, 0.3) is 0 Å². The minimum atomic E-state index is 0.320. The number of methoxy groups -OCH3 is 1. The molecule has 1 N–H and O–H groups in total. The Balaban J connectivity index is 2.29. The average molecular weight is 341 g/mol. The van der Waals surface area contributed by atoms with E-state index in [1.807, 2.05) is 14.2 Å². The summed E-state index contributed by atoms with van der Waals surface area (Å²) in [7, 11) is 3.83. The van der Waals surface area contributed by atoms with Gasteiger partial charge in [0.2, 0.25) is 0 Å². The van der Waals surface area contributed by atoms with Crippen LogP contribution in [0.5, 0.6) is 0 Å². The summed E-state index contributed by atoms with van der Waals surface area (Å²) < 4.78 is 6.77. The first-order chi connectivity index (χ1) is 9.56. The maximum Gasteiger partial charge on any atom is 0.0772 e. The molecule has 3 nitrogen and oxygen atoms in total. The monoisotopic (exact) mass is 340 g/mol. The lowest BCUT2D eigenvalue weighted by molar-refractivity contribution is 0.0498. The van der Waals surface area contributed by atoms with Crippen LogP contribution in [0.15, 0.2) is 22.7 Å². The second-order valence-electron chi connectivity index (χ2n) is 5.70. The van der Waals surface area contributed by atoms with Gasteiger partial charge >= 0.3 is 0 Å². The summed E-state index contributed by atoms with van der Waals surface area (Å²) in [6.45, 7) is 6.55. The van der Waals surface area contributed by atoms with Crippen molar-refractivity contribution in [3.05, 3.63) is 28.2 Å². The number of benzene rings is 1. The van der Waals surface area contributed by atoms with Gasteiger partial charge in [0, 0.05) is 36.4 Å². The van der Waals surface area contributed by atoms with Crippen LogP contribution in [0.4, 0.5) is 5.69 Å². The highest BCUT2D eigenvalue weighted by Crippen LogP contribution is 2.33. The van der Waals surface area contributed by atoms with Crippen molar-refractivity contribution >= 4 is 21.6 Å². The molecule has 0 aliphatic carbocycles. The summed E-state index contributed by atoms with van der Waals surface area (Å²) in [6.07, 6.45) is 1.50. The number of piperidine rings is 1. The van der Waals surface area contributed by atoms with E-state index in [1.165, 1.54) is 17.7 Å². The van der Waals surface area contributed by atoms with Gasteiger partial charge in [0.1, 0.15) is 0 Å². The predicted octanol–water partition coefficient (Wildman–Crippen LogP) is 3.59. The molecule has 1 saturated heterocycles. The molecule has 20 heavy (non-hydrogen) atoms. The molecule has 1 aliphatic rings. The number of anilines is 1. The fourth-order valence-corrected chi connectivity index (χ4v) is 3.22. The first-order valence-corrected chi connectivity index (χ1v) is 8.10. The number of hydrogen-bond acceptors (Lipinski definition) is 3. The van der Waals surface area contributed by atoms with Crippen molar-refractivity contribution in [3.8, 4) is 0 Å². The zero-order chi connectivity index (χ0) is 14.7.